The smallest absolute Gasteiger partial charge is 0.223 e. The van der Waals surface area contributed by atoms with Gasteiger partial charge in [0, 0.05) is 17.6 Å². The molecule has 0 amide bonds. The second-order valence-corrected chi connectivity index (χ2v) is 8.01. The van der Waals surface area contributed by atoms with Gasteiger partial charge in [0.1, 0.15) is 0 Å². The molecule has 1 saturated carbocycles. The molecule has 1 N–H and O–H groups in total. The van der Waals surface area contributed by atoms with Gasteiger partial charge in [-0.05, 0) is 36.2 Å². The van der Waals surface area contributed by atoms with E-state index in [4.69, 9.17) is 0 Å². The van der Waals surface area contributed by atoms with Crippen LogP contribution in [0.5, 0.6) is 0 Å². The Balaban J connectivity index is 1.81. The Morgan fingerprint density at radius 1 is 1.05 bits per heavy atom. The Morgan fingerprint density at radius 3 is 2.43 bits per heavy atom. The van der Waals surface area contributed by atoms with Gasteiger partial charge >= 0.3 is 0 Å². The lowest BCUT2D eigenvalue weighted by Crippen LogP contribution is -2.40. The average molecular weight is 283 g/mol. The van der Waals surface area contributed by atoms with E-state index in [0.717, 1.165) is 16.9 Å². The molecule has 1 aromatic carbocycles. The highest BCUT2D eigenvalue weighted by Crippen LogP contribution is 2.46. The van der Waals surface area contributed by atoms with Crippen LogP contribution < -0.4 is 5.32 Å². The first-order chi connectivity index (χ1) is 9.83. The Kier molecular flexibility index (Phi) is 3.39. The summed E-state index contributed by atoms with van der Waals surface area (Å²) >= 11 is 0. The van der Waals surface area contributed by atoms with Crippen molar-refractivity contribution in [3.63, 3.8) is 0 Å². The van der Waals surface area contributed by atoms with Crippen LogP contribution >= 0.6 is 0 Å². The van der Waals surface area contributed by atoms with Gasteiger partial charge < -0.3 is 5.32 Å². The van der Waals surface area contributed by atoms with Gasteiger partial charge in [0.2, 0.25) is 5.95 Å². The van der Waals surface area contributed by atoms with Crippen LogP contribution in [0.25, 0.3) is 10.9 Å². The molecule has 1 aromatic heterocycles. The van der Waals surface area contributed by atoms with E-state index in [9.17, 15) is 0 Å². The van der Waals surface area contributed by atoms with Gasteiger partial charge in [-0.3, -0.25) is 0 Å². The third-order valence-electron chi connectivity index (χ3n) is 4.38. The molecule has 1 aliphatic rings. The van der Waals surface area contributed by atoms with Crippen molar-refractivity contribution >= 4 is 16.9 Å². The molecule has 0 aliphatic heterocycles. The second kappa shape index (κ2) is 4.97. The Labute approximate surface area is 127 Å². The highest BCUT2D eigenvalue weighted by Gasteiger charge is 2.38. The third-order valence-corrected chi connectivity index (χ3v) is 4.38. The summed E-state index contributed by atoms with van der Waals surface area (Å²) in [4.78, 5) is 9.12. The van der Waals surface area contributed by atoms with E-state index in [-0.39, 0.29) is 0 Å². The van der Waals surface area contributed by atoms with Gasteiger partial charge in [-0.1, -0.05) is 45.9 Å². The SMILES string of the molecule is CC1(C)CC(Nc2ncc3ccccc3n2)CC(C)(C)C1. The number of hydrogen-bond donors (Lipinski definition) is 1. The normalized spacial score (nSPS) is 21.3. The number of benzene rings is 1. The maximum atomic E-state index is 4.64. The van der Waals surface area contributed by atoms with E-state index in [1.807, 2.05) is 30.5 Å². The van der Waals surface area contributed by atoms with Gasteiger partial charge in [-0.25, -0.2) is 9.97 Å². The summed E-state index contributed by atoms with van der Waals surface area (Å²) in [5.41, 5.74) is 1.75. The predicted molar refractivity (Wildman–Crippen MR) is 88.4 cm³/mol. The van der Waals surface area contributed by atoms with Gasteiger partial charge in [0.25, 0.3) is 0 Å². The minimum atomic E-state index is 0.371. The summed E-state index contributed by atoms with van der Waals surface area (Å²) in [7, 11) is 0. The molecule has 0 unspecified atom stereocenters. The molecule has 0 bridgehead atoms. The maximum Gasteiger partial charge on any atom is 0.223 e. The largest absolute Gasteiger partial charge is 0.351 e. The molecule has 1 fully saturated rings. The summed E-state index contributed by atoms with van der Waals surface area (Å²) < 4.78 is 0. The first kappa shape index (κ1) is 14.3. The highest BCUT2D eigenvalue weighted by atomic mass is 15.1. The van der Waals surface area contributed by atoms with Gasteiger partial charge in [0.15, 0.2) is 0 Å². The fourth-order valence-electron chi connectivity index (χ4n) is 4.17. The highest BCUT2D eigenvalue weighted by molar-refractivity contribution is 5.78. The number of aromatic nitrogens is 2. The molecule has 112 valence electrons. The second-order valence-electron chi connectivity index (χ2n) is 8.01. The molecule has 21 heavy (non-hydrogen) atoms. The van der Waals surface area contributed by atoms with Crippen molar-refractivity contribution in [1.29, 1.82) is 0 Å². The molecular formula is C18H25N3. The van der Waals surface area contributed by atoms with Crippen LogP contribution in [0.3, 0.4) is 0 Å². The van der Waals surface area contributed by atoms with Crippen LogP contribution in [-0.4, -0.2) is 16.0 Å². The van der Waals surface area contributed by atoms with Crippen LogP contribution in [0, 0.1) is 10.8 Å². The number of hydrogen-bond acceptors (Lipinski definition) is 3. The van der Waals surface area contributed by atoms with Crippen LogP contribution in [0.4, 0.5) is 5.95 Å². The lowest BCUT2D eigenvalue weighted by Gasteiger charge is -2.45. The van der Waals surface area contributed by atoms with Crippen LogP contribution in [0.1, 0.15) is 47.0 Å². The Hall–Kier alpha value is -1.64. The summed E-state index contributed by atoms with van der Waals surface area (Å²) in [6.07, 6.45) is 5.53. The van der Waals surface area contributed by atoms with Crippen molar-refractivity contribution in [1.82, 2.24) is 9.97 Å². The van der Waals surface area contributed by atoms with E-state index in [0.29, 0.717) is 16.9 Å². The van der Waals surface area contributed by atoms with E-state index >= 15 is 0 Å². The quantitative estimate of drug-likeness (QED) is 0.872. The lowest BCUT2D eigenvalue weighted by atomic mass is 9.63. The van der Waals surface area contributed by atoms with Gasteiger partial charge in [-0.2, -0.15) is 0 Å². The third kappa shape index (κ3) is 3.34. The van der Waals surface area contributed by atoms with E-state index in [2.05, 4.69) is 43.0 Å². The zero-order valence-corrected chi connectivity index (χ0v) is 13.5. The molecule has 1 heterocycles. The topological polar surface area (TPSA) is 37.8 Å². The zero-order chi connectivity index (χ0) is 15.1. The molecule has 3 heteroatoms. The summed E-state index contributed by atoms with van der Waals surface area (Å²) in [6, 6.07) is 8.57. The Bertz CT molecular complexity index is 630. The van der Waals surface area contributed by atoms with E-state index < -0.39 is 0 Å². The number of fused-ring (bicyclic) bond motifs is 1. The zero-order valence-electron chi connectivity index (χ0n) is 13.5. The van der Waals surface area contributed by atoms with E-state index in [1.54, 1.807) is 0 Å². The number of nitrogens with zero attached hydrogens (tertiary/aromatic N) is 2. The van der Waals surface area contributed by atoms with E-state index in [1.165, 1.54) is 19.3 Å². The summed E-state index contributed by atoms with van der Waals surface area (Å²) in [5.74, 6) is 0.757. The number of rotatable bonds is 2. The lowest BCUT2D eigenvalue weighted by molar-refractivity contribution is 0.105. The van der Waals surface area contributed by atoms with Crippen molar-refractivity contribution in [2.75, 3.05) is 5.32 Å². The molecule has 1 aliphatic carbocycles. The first-order valence-electron chi connectivity index (χ1n) is 7.81. The molecule has 3 nitrogen and oxygen atoms in total. The number of anilines is 1. The number of nitrogens with one attached hydrogen (secondary N) is 1. The van der Waals surface area contributed by atoms with Gasteiger partial charge in [-0.15, -0.1) is 0 Å². The fraction of sp³-hybridized carbons (Fsp3) is 0.556. The molecule has 0 saturated heterocycles. The van der Waals surface area contributed by atoms with Gasteiger partial charge in [0.05, 0.1) is 5.52 Å². The standard InChI is InChI=1S/C18H25N3/c1-17(2)9-14(10-18(3,4)12-17)20-16-19-11-13-7-5-6-8-15(13)21-16/h5-8,11,14H,9-10,12H2,1-4H3,(H,19,20,21). The molecule has 0 atom stereocenters. The molecule has 3 rings (SSSR count). The summed E-state index contributed by atoms with van der Waals surface area (Å²) in [5, 5.41) is 4.65. The molecule has 2 aromatic rings. The molecule has 0 radical (unpaired) electrons. The minimum absolute atomic E-state index is 0.371. The first-order valence-corrected chi connectivity index (χ1v) is 7.81. The monoisotopic (exact) mass is 283 g/mol. The number of para-hydroxylation sites is 1. The van der Waals surface area contributed by atoms with Crippen LogP contribution in [-0.2, 0) is 0 Å². The summed E-state index contributed by atoms with van der Waals surface area (Å²) in [6.45, 7) is 9.46. The van der Waals surface area contributed by atoms with Crippen molar-refractivity contribution in [3.8, 4) is 0 Å². The minimum Gasteiger partial charge on any atom is -0.351 e. The van der Waals surface area contributed by atoms with Crippen molar-refractivity contribution in [3.05, 3.63) is 30.5 Å². The van der Waals surface area contributed by atoms with Crippen molar-refractivity contribution in [2.24, 2.45) is 10.8 Å². The molecular weight excluding hydrogens is 258 g/mol. The molecule has 0 spiro atoms. The fourth-order valence-corrected chi connectivity index (χ4v) is 4.17. The average Bonchev–Trinajstić information content (AvgIpc) is 2.34. The predicted octanol–water partition coefficient (Wildman–Crippen LogP) is 4.65. The maximum absolute atomic E-state index is 4.64. The van der Waals surface area contributed by atoms with Crippen molar-refractivity contribution in [2.45, 2.75) is 53.0 Å². The van der Waals surface area contributed by atoms with Crippen LogP contribution in [0.15, 0.2) is 30.5 Å². The Morgan fingerprint density at radius 2 is 1.71 bits per heavy atom. The van der Waals surface area contributed by atoms with Crippen LogP contribution in [0.2, 0.25) is 0 Å². The van der Waals surface area contributed by atoms with Crippen molar-refractivity contribution < 1.29 is 0 Å².